The summed E-state index contributed by atoms with van der Waals surface area (Å²) in [6.07, 6.45) is 2.60. The molecule has 208 valence electrons. The van der Waals surface area contributed by atoms with Gasteiger partial charge in [-0.15, -0.1) is 0 Å². The van der Waals surface area contributed by atoms with Crippen molar-refractivity contribution in [2.24, 2.45) is 10.7 Å². The summed E-state index contributed by atoms with van der Waals surface area (Å²) in [5.41, 5.74) is 9.50. The number of benzene rings is 3. The summed E-state index contributed by atoms with van der Waals surface area (Å²) in [5, 5.41) is 18.2. The maximum absolute atomic E-state index is 14.7. The van der Waals surface area contributed by atoms with Crippen LogP contribution in [0.5, 0.6) is 0 Å². The minimum atomic E-state index is -0.557. The van der Waals surface area contributed by atoms with E-state index in [0.717, 1.165) is 31.6 Å². The number of allylic oxidation sites excluding steroid dienone is 1. The summed E-state index contributed by atoms with van der Waals surface area (Å²) in [6, 6.07) is 18.6. The molecule has 0 radical (unpaired) electrons. The van der Waals surface area contributed by atoms with E-state index >= 15 is 0 Å². The number of aliphatic imine (C=N–C) groups is 1. The van der Waals surface area contributed by atoms with Gasteiger partial charge < -0.3 is 31.7 Å². The third-order valence-electron chi connectivity index (χ3n) is 6.54. The number of amides is 2. The van der Waals surface area contributed by atoms with Gasteiger partial charge in [-0.05, 0) is 86.5 Å². The largest absolute Gasteiger partial charge is 0.402 e. The lowest BCUT2D eigenvalue weighted by Crippen LogP contribution is -2.35. The van der Waals surface area contributed by atoms with Crippen molar-refractivity contribution < 1.29 is 19.1 Å². The fraction of sp³-hybridized carbons (Fsp3) is 0.233. The number of nitrogens with zero attached hydrogens (tertiary/aromatic N) is 2. The molecule has 0 aliphatic carbocycles. The number of aliphatic hydroxyl groups excluding tert-OH is 1. The Balaban J connectivity index is 1.33. The number of piperidine rings is 1. The second kappa shape index (κ2) is 12.9. The first-order valence-electron chi connectivity index (χ1n) is 12.9. The summed E-state index contributed by atoms with van der Waals surface area (Å²) in [7, 11) is 1.53. The molecule has 1 saturated heterocycles. The number of carbonyl (C=O) groups is 2. The molecule has 1 heterocycles. The Morgan fingerprint density at radius 1 is 0.975 bits per heavy atom. The van der Waals surface area contributed by atoms with Gasteiger partial charge in [0.05, 0.1) is 17.4 Å². The summed E-state index contributed by atoms with van der Waals surface area (Å²) < 4.78 is 14.7. The fourth-order valence-electron chi connectivity index (χ4n) is 4.30. The Hall–Kier alpha value is -4.70. The monoisotopic (exact) mass is 544 g/mol. The van der Waals surface area contributed by atoms with E-state index in [1.807, 2.05) is 12.1 Å². The molecule has 10 heteroatoms. The van der Waals surface area contributed by atoms with Crippen LogP contribution in [0.3, 0.4) is 0 Å². The van der Waals surface area contributed by atoms with Crippen molar-refractivity contribution in [3.8, 4) is 0 Å². The van der Waals surface area contributed by atoms with Crippen LogP contribution in [0.15, 0.2) is 83.0 Å². The molecule has 40 heavy (non-hydrogen) atoms. The lowest BCUT2D eigenvalue weighted by Gasteiger charge is -2.31. The lowest BCUT2D eigenvalue weighted by atomic mass is 10.1. The second-order valence-corrected chi connectivity index (χ2v) is 9.55. The third-order valence-corrected chi connectivity index (χ3v) is 6.54. The first kappa shape index (κ1) is 28.3. The minimum Gasteiger partial charge on any atom is -0.402 e. The van der Waals surface area contributed by atoms with Crippen LogP contribution in [0.4, 0.5) is 32.8 Å². The van der Waals surface area contributed by atoms with E-state index in [4.69, 9.17) is 5.73 Å². The highest BCUT2D eigenvalue weighted by Crippen LogP contribution is 2.25. The number of aliphatic hydroxyl groups is 1. The number of hydrogen-bond acceptors (Lipinski definition) is 7. The van der Waals surface area contributed by atoms with Crippen LogP contribution in [0, 0.1) is 5.82 Å². The van der Waals surface area contributed by atoms with E-state index in [0.29, 0.717) is 22.6 Å². The average Bonchev–Trinajstić information content (AvgIpc) is 2.94. The zero-order chi connectivity index (χ0) is 28.6. The first-order valence-corrected chi connectivity index (χ1v) is 12.9. The van der Waals surface area contributed by atoms with Crippen molar-refractivity contribution in [3.63, 3.8) is 0 Å². The molecule has 0 aromatic heterocycles. The van der Waals surface area contributed by atoms with Gasteiger partial charge in [-0.3, -0.25) is 14.6 Å². The van der Waals surface area contributed by atoms with Gasteiger partial charge in [0.15, 0.2) is 0 Å². The molecule has 6 N–H and O–H groups in total. The smallest absolute Gasteiger partial charge is 0.258 e. The number of nitrogens with one attached hydrogen (secondary N) is 3. The molecule has 0 atom stereocenters. The van der Waals surface area contributed by atoms with Crippen molar-refractivity contribution in [2.45, 2.75) is 25.9 Å². The Labute approximate surface area is 232 Å². The van der Waals surface area contributed by atoms with Crippen LogP contribution < -0.4 is 26.6 Å². The Bertz CT molecular complexity index is 1410. The van der Waals surface area contributed by atoms with Gasteiger partial charge in [0.1, 0.15) is 5.82 Å². The van der Waals surface area contributed by atoms with Crippen LogP contribution >= 0.6 is 0 Å². The zero-order valence-electron chi connectivity index (χ0n) is 22.4. The van der Waals surface area contributed by atoms with Crippen molar-refractivity contribution in [3.05, 3.63) is 89.4 Å². The second-order valence-electron chi connectivity index (χ2n) is 9.55. The maximum Gasteiger partial charge on any atom is 0.258 e. The molecule has 1 aliphatic rings. The topological polar surface area (TPSA) is 132 Å². The van der Waals surface area contributed by atoms with Crippen molar-refractivity contribution in [1.82, 2.24) is 0 Å². The molecular formula is C30H33FN6O3. The molecule has 3 aromatic carbocycles. The Morgan fingerprint density at radius 2 is 1.60 bits per heavy atom. The van der Waals surface area contributed by atoms with E-state index in [2.05, 4.69) is 25.8 Å². The quantitative estimate of drug-likeness (QED) is 0.207. The molecule has 0 saturated carbocycles. The van der Waals surface area contributed by atoms with E-state index in [9.17, 15) is 19.1 Å². The van der Waals surface area contributed by atoms with Gasteiger partial charge in [0, 0.05) is 60.4 Å². The van der Waals surface area contributed by atoms with E-state index in [1.165, 1.54) is 25.4 Å². The Kier molecular flexibility index (Phi) is 9.13. The van der Waals surface area contributed by atoms with Crippen molar-refractivity contribution >= 4 is 46.5 Å². The molecule has 1 aliphatic heterocycles. The molecule has 2 amide bonds. The maximum atomic E-state index is 14.7. The van der Waals surface area contributed by atoms with Gasteiger partial charge in [0.2, 0.25) is 0 Å². The van der Waals surface area contributed by atoms with Crippen LogP contribution in [-0.2, 0) is 4.79 Å². The summed E-state index contributed by atoms with van der Waals surface area (Å²) in [6.45, 7) is 3.17. The molecule has 4 rings (SSSR count). The third kappa shape index (κ3) is 7.23. The normalized spacial score (nSPS) is 14.6. The van der Waals surface area contributed by atoms with Gasteiger partial charge in [-0.2, -0.15) is 0 Å². The molecule has 0 spiro atoms. The highest BCUT2D eigenvalue weighted by molar-refractivity contribution is 6.18. The number of anilines is 5. The van der Waals surface area contributed by atoms with Crippen LogP contribution in [0.2, 0.25) is 0 Å². The van der Waals surface area contributed by atoms with E-state index < -0.39 is 11.7 Å². The Morgan fingerprint density at radius 3 is 2.20 bits per heavy atom. The summed E-state index contributed by atoms with van der Waals surface area (Å²) in [5.74, 6) is -1.28. The molecule has 3 aromatic rings. The minimum absolute atomic E-state index is 0.202. The van der Waals surface area contributed by atoms with E-state index in [-0.39, 0.29) is 29.0 Å². The predicted octanol–water partition coefficient (Wildman–Crippen LogP) is 4.65. The standard InChI is InChI=1S/C30H33FN6O3/c1-19(32)26(18-33-2)30(40)36-23-9-12-28(27(31)17-23)34-21-5-7-22(8-6-21)35-29(39)20-3-10-24(11-4-20)37-15-13-25(38)14-16-37/h3-12,17-18,25,34,38H,13-16,32H2,1-2H3,(H,35,39)(H,36,40). The molecule has 1 fully saturated rings. The number of carbonyl (C=O) groups excluding carboxylic acids is 2. The van der Waals surface area contributed by atoms with Crippen LogP contribution in [0.1, 0.15) is 30.1 Å². The molecular weight excluding hydrogens is 511 g/mol. The molecule has 0 unspecified atom stereocenters. The van der Waals surface area contributed by atoms with Gasteiger partial charge in [-0.25, -0.2) is 4.39 Å². The number of hydrogen-bond donors (Lipinski definition) is 5. The summed E-state index contributed by atoms with van der Waals surface area (Å²) >= 11 is 0. The molecule has 0 bridgehead atoms. The van der Waals surface area contributed by atoms with Crippen LogP contribution in [0.25, 0.3) is 0 Å². The number of rotatable bonds is 8. The zero-order valence-corrected chi connectivity index (χ0v) is 22.4. The van der Waals surface area contributed by atoms with Gasteiger partial charge >= 0.3 is 0 Å². The van der Waals surface area contributed by atoms with Crippen molar-refractivity contribution in [2.75, 3.05) is 41.0 Å². The average molecular weight is 545 g/mol. The number of nitrogens with two attached hydrogens (primary N) is 1. The van der Waals surface area contributed by atoms with Crippen LogP contribution in [-0.4, -0.2) is 49.4 Å². The first-order chi connectivity index (χ1) is 19.2. The van der Waals surface area contributed by atoms with Gasteiger partial charge in [0.25, 0.3) is 11.8 Å². The highest BCUT2D eigenvalue weighted by atomic mass is 19.1. The SMILES string of the molecule is CN=CC(C(=O)Nc1ccc(Nc2ccc(NC(=O)c3ccc(N4CCC(O)CC4)cc3)cc2)c(F)c1)=C(C)N. The number of halogens is 1. The van der Waals surface area contributed by atoms with E-state index in [1.54, 1.807) is 49.4 Å². The van der Waals surface area contributed by atoms with Crippen molar-refractivity contribution in [1.29, 1.82) is 0 Å². The predicted molar refractivity (Wildman–Crippen MR) is 158 cm³/mol. The fourth-order valence-corrected chi connectivity index (χ4v) is 4.30. The molecule has 9 nitrogen and oxygen atoms in total. The lowest BCUT2D eigenvalue weighted by molar-refractivity contribution is -0.112. The highest BCUT2D eigenvalue weighted by Gasteiger charge is 2.18. The van der Waals surface area contributed by atoms with Gasteiger partial charge in [-0.1, -0.05) is 0 Å². The summed E-state index contributed by atoms with van der Waals surface area (Å²) in [4.78, 5) is 31.1.